The summed E-state index contributed by atoms with van der Waals surface area (Å²) in [5.74, 6) is -1.30. The first-order valence-electron chi connectivity index (χ1n) is 13.1. The van der Waals surface area contributed by atoms with Gasteiger partial charge in [0.2, 0.25) is 21.8 Å². The molecule has 7 nitrogen and oxygen atoms in total. The van der Waals surface area contributed by atoms with E-state index in [1.165, 1.54) is 4.90 Å². The molecule has 0 unspecified atom stereocenters. The van der Waals surface area contributed by atoms with E-state index in [0.717, 1.165) is 24.0 Å². The van der Waals surface area contributed by atoms with Crippen LogP contribution in [0.25, 0.3) is 0 Å². The van der Waals surface area contributed by atoms with Crippen LogP contribution < -0.4 is 9.62 Å². The molecule has 0 aliphatic carbocycles. The van der Waals surface area contributed by atoms with Gasteiger partial charge in [0.1, 0.15) is 12.6 Å². The second kappa shape index (κ2) is 13.7. The lowest BCUT2D eigenvalue weighted by molar-refractivity contribution is -0.140. The summed E-state index contributed by atoms with van der Waals surface area (Å²) < 4.78 is 67.7. The van der Waals surface area contributed by atoms with Crippen LogP contribution in [0.5, 0.6) is 0 Å². The van der Waals surface area contributed by atoms with Crippen LogP contribution >= 0.6 is 27.5 Å². The van der Waals surface area contributed by atoms with E-state index in [9.17, 15) is 31.2 Å². The number of nitrogens with one attached hydrogen (secondary N) is 1. The molecule has 43 heavy (non-hydrogen) atoms. The Kier molecular flexibility index (Phi) is 11.0. The number of nitrogens with zero attached hydrogens (tertiary/aromatic N) is 2. The molecule has 232 valence electrons. The molecule has 1 atom stereocenters. The van der Waals surface area contributed by atoms with E-state index in [1.54, 1.807) is 75.4 Å². The van der Waals surface area contributed by atoms with Crippen LogP contribution in [0.1, 0.15) is 37.5 Å². The molecule has 0 aliphatic rings. The summed E-state index contributed by atoms with van der Waals surface area (Å²) in [5.41, 5.74) is -0.934. The van der Waals surface area contributed by atoms with Crippen molar-refractivity contribution < 1.29 is 31.2 Å². The quantitative estimate of drug-likeness (QED) is 0.264. The molecule has 3 aromatic carbocycles. The van der Waals surface area contributed by atoms with Gasteiger partial charge in [0.25, 0.3) is 0 Å². The number of rotatable bonds is 10. The molecule has 3 rings (SSSR count). The van der Waals surface area contributed by atoms with E-state index in [2.05, 4.69) is 21.2 Å². The van der Waals surface area contributed by atoms with Crippen molar-refractivity contribution in [3.8, 4) is 0 Å². The van der Waals surface area contributed by atoms with Crippen molar-refractivity contribution in [2.75, 3.05) is 17.1 Å². The fourth-order valence-electron chi connectivity index (χ4n) is 4.31. The Hall–Kier alpha value is -3.09. The number of halogens is 5. The average Bonchev–Trinajstić information content (AvgIpc) is 2.88. The van der Waals surface area contributed by atoms with Crippen molar-refractivity contribution in [2.45, 2.75) is 51.5 Å². The number of benzene rings is 3. The molecule has 0 heterocycles. The monoisotopic (exact) mass is 701 g/mol. The molecule has 0 spiro atoms. The molecule has 2 amide bonds. The Morgan fingerprint density at radius 3 is 2.14 bits per heavy atom. The highest BCUT2D eigenvalue weighted by atomic mass is 79.9. The van der Waals surface area contributed by atoms with Gasteiger partial charge in [-0.3, -0.25) is 13.9 Å². The minimum absolute atomic E-state index is 0.0890. The van der Waals surface area contributed by atoms with Gasteiger partial charge in [-0.15, -0.1) is 0 Å². The number of carbonyl (C=O) groups is 2. The molecule has 0 saturated carbocycles. The number of hydrogen-bond donors (Lipinski definition) is 1. The van der Waals surface area contributed by atoms with Crippen LogP contribution in [-0.2, 0) is 38.8 Å². The first kappa shape index (κ1) is 34.4. The molecule has 0 aliphatic heterocycles. The largest absolute Gasteiger partial charge is 0.416 e. The van der Waals surface area contributed by atoms with Gasteiger partial charge in [0.05, 0.1) is 22.5 Å². The van der Waals surface area contributed by atoms with Gasteiger partial charge < -0.3 is 10.2 Å². The molecule has 0 saturated heterocycles. The fraction of sp³-hybridized carbons (Fsp3) is 0.333. The van der Waals surface area contributed by atoms with Crippen LogP contribution in [0.3, 0.4) is 0 Å². The Balaban J connectivity index is 2.14. The molecule has 0 bridgehead atoms. The predicted octanol–water partition coefficient (Wildman–Crippen LogP) is 6.44. The molecule has 3 aromatic rings. The average molecular weight is 703 g/mol. The fourth-order valence-corrected chi connectivity index (χ4v) is 5.88. The van der Waals surface area contributed by atoms with Crippen LogP contribution in [0, 0.1) is 0 Å². The minimum atomic E-state index is -4.79. The smallest absolute Gasteiger partial charge is 0.350 e. The van der Waals surface area contributed by atoms with Gasteiger partial charge in [0, 0.05) is 23.0 Å². The van der Waals surface area contributed by atoms with E-state index in [0.29, 0.717) is 20.4 Å². The maximum Gasteiger partial charge on any atom is 0.416 e. The minimum Gasteiger partial charge on any atom is -0.350 e. The van der Waals surface area contributed by atoms with Gasteiger partial charge in [-0.2, -0.15) is 13.2 Å². The molecule has 0 aromatic heterocycles. The van der Waals surface area contributed by atoms with E-state index < -0.39 is 57.4 Å². The van der Waals surface area contributed by atoms with Crippen molar-refractivity contribution in [1.29, 1.82) is 0 Å². The van der Waals surface area contributed by atoms with Crippen molar-refractivity contribution in [3.05, 3.63) is 99.0 Å². The standard InChI is InChI=1S/C30H32BrClF3N3O4S/c1-29(2,3)36-28(40)26(16-20-9-6-5-7-10-20)37(18-21-11-8-12-23(31)15-21)27(39)19-38(43(4,41)42)25-17-22(30(33,34)35)13-14-24(25)32/h5-15,17,26H,16,18-19H2,1-4H3,(H,36,40)/t26-/m1/s1. The number of sulfonamides is 1. The second-order valence-electron chi connectivity index (χ2n) is 11.0. The topological polar surface area (TPSA) is 86.8 Å². The number of anilines is 1. The summed E-state index contributed by atoms with van der Waals surface area (Å²) in [4.78, 5) is 29.1. The van der Waals surface area contributed by atoms with Crippen molar-refractivity contribution >= 4 is 55.1 Å². The van der Waals surface area contributed by atoms with Crippen LogP contribution in [-0.4, -0.2) is 49.5 Å². The molecular weight excluding hydrogens is 671 g/mol. The second-order valence-corrected chi connectivity index (χ2v) is 14.3. The molecule has 0 fully saturated rings. The summed E-state index contributed by atoms with van der Waals surface area (Å²) in [5, 5.41) is 2.61. The van der Waals surface area contributed by atoms with E-state index in [1.807, 2.05) is 0 Å². The lowest BCUT2D eigenvalue weighted by Gasteiger charge is -2.35. The molecule has 13 heteroatoms. The summed E-state index contributed by atoms with van der Waals surface area (Å²) in [6, 6.07) is 17.1. The highest BCUT2D eigenvalue weighted by Crippen LogP contribution is 2.36. The van der Waals surface area contributed by atoms with Crippen LogP contribution in [0.2, 0.25) is 5.02 Å². The third-order valence-corrected chi connectivity index (χ3v) is 8.17. The molecule has 0 radical (unpaired) electrons. The predicted molar refractivity (Wildman–Crippen MR) is 165 cm³/mol. The first-order valence-corrected chi connectivity index (χ1v) is 16.1. The zero-order valence-electron chi connectivity index (χ0n) is 24.0. The normalized spacial score (nSPS) is 12.9. The highest BCUT2D eigenvalue weighted by molar-refractivity contribution is 9.10. The number of carbonyl (C=O) groups excluding carboxylic acids is 2. The van der Waals surface area contributed by atoms with Gasteiger partial charge in [-0.1, -0.05) is 70.0 Å². The van der Waals surface area contributed by atoms with E-state index >= 15 is 0 Å². The third-order valence-electron chi connectivity index (χ3n) is 6.23. The van der Waals surface area contributed by atoms with Crippen LogP contribution in [0.4, 0.5) is 18.9 Å². The number of amides is 2. The zero-order chi connectivity index (χ0) is 32.2. The Bertz CT molecular complexity index is 1560. The Morgan fingerprint density at radius 1 is 0.953 bits per heavy atom. The van der Waals surface area contributed by atoms with Crippen molar-refractivity contribution in [2.24, 2.45) is 0 Å². The maximum absolute atomic E-state index is 14.1. The lowest BCUT2D eigenvalue weighted by atomic mass is 10.0. The summed E-state index contributed by atoms with van der Waals surface area (Å²) in [6.07, 6.45) is -3.93. The Morgan fingerprint density at radius 2 is 1.58 bits per heavy atom. The lowest BCUT2D eigenvalue weighted by Crippen LogP contribution is -2.56. The van der Waals surface area contributed by atoms with Crippen molar-refractivity contribution in [3.63, 3.8) is 0 Å². The van der Waals surface area contributed by atoms with E-state index in [4.69, 9.17) is 11.6 Å². The van der Waals surface area contributed by atoms with Gasteiger partial charge in [-0.25, -0.2) is 8.42 Å². The molecule has 1 N–H and O–H groups in total. The summed E-state index contributed by atoms with van der Waals surface area (Å²) in [7, 11) is -4.32. The summed E-state index contributed by atoms with van der Waals surface area (Å²) in [6.45, 7) is 4.35. The van der Waals surface area contributed by atoms with Gasteiger partial charge >= 0.3 is 6.18 Å². The van der Waals surface area contributed by atoms with Crippen molar-refractivity contribution in [1.82, 2.24) is 10.2 Å². The van der Waals surface area contributed by atoms with Crippen LogP contribution in [0.15, 0.2) is 77.3 Å². The van der Waals surface area contributed by atoms with Gasteiger partial charge in [-0.05, 0) is 62.2 Å². The van der Waals surface area contributed by atoms with Gasteiger partial charge in [0.15, 0.2) is 0 Å². The molecular formula is C30H32BrClF3N3O4S. The SMILES string of the molecule is CC(C)(C)NC(=O)[C@@H](Cc1ccccc1)N(Cc1cccc(Br)c1)C(=O)CN(c1cc(C(F)(F)F)ccc1Cl)S(C)(=O)=O. The summed E-state index contributed by atoms with van der Waals surface area (Å²) >= 11 is 9.58. The van der Waals surface area contributed by atoms with E-state index in [-0.39, 0.29) is 18.0 Å². The number of hydrogen-bond acceptors (Lipinski definition) is 4. The highest BCUT2D eigenvalue weighted by Gasteiger charge is 2.36. The zero-order valence-corrected chi connectivity index (χ0v) is 27.1. The number of alkyl halides is 3. The Labute approximate surface area is 263 Å². The first-order chi connectivity index (χ1) is 19.8. The maximum atomic E-state index is 14.1. The third kappa shape index (κ3) is 9.97.